The van der Waals surface area contributed by atoms with Crippen LogP contribution in [-0.4, -0.2) is 18.0 Å². The Bertz CT molecular complexity index is 1410. The summed E-state index contributed by atoms with van der Waals surface area (Å²) in [6.45, 7) is 1.88. The SMILES string of the molecule is COc1c(Cl)cc(Cl)cc1C=CC(=O)Nc1cc(-c2nc3cc(Cl)cc(Cl)c3o2)ccc1C. The van der Waals surface area contributed by atoms with Crippen molar-refractivity contribution < 1.29 is 13.9 Å². The maximum atomic E-state index is 12.6. The largest absolute Gasteiger partial charge is 0.495 e. The molecule has 0 radical (unpaired) electrons. The molecular formula is C24H16Cl4N2O3. The van der Waals surface area contributed by atoms with Gasteiger partial charge in [0.05, 0.1) is 17.2 Å². The smallest absolute Gasteiger partial charge is 0.248 e. The topological polar surface area (TPSA) is 64.4 Å². The van der Waals surface area contributed by atoms with E-state index >= 15 is 0 Å². The highest BCUT2D eigenvalue weighted by Crippen LogP contribution is 2.34. The molecule has 0 saturated heterocycles. The van der Waals surface area contributed by atoms with Gasteiger partial charge in [-0.05, 0) is 55.0 Å². The summed E-state index contributed by atoms with van der Waals surface area (Å²) in [5.41, 5.74) is 3.71. The number of amides is 1. The number of carbonyl (C=O) groups excluding carboxylic acids is 1. The monoisotopic (exact) mass is 520 g/mol. The fourth-order valence-corrected chi connectivity index (χ4v) is 4.34. The third-order valence-corrected chi connectivity index (χ3v) is 5.81. The van der Waals surface area contributed by atoms with Crippen LogP contribution >= 0.6 is 46.4 Å². The Labute approximate surface area is 209 Å². The Hall–Kier alpha value is -2.70. The molecule has 0 bridgehead atoms. The molecule has 1 amide bonds. The molecule has 0 fully saturated rings. The van der Waals surface area contributed by atoms with Crippen LogP contribution in [0.3, 0.4) is 0 Å². The van der Waals surface area contributed by atoms with Crippen LogP contribution in [0.5, 0.6) is 5.75 Å². The highest BCUT2D eigenvalue weighted by Gasteiger charge is 2.14. The highest BCUT2D eigenvalue weighted by atomic mass is 35.5. The van der Waals surface area contributed by atoms with Crippen LogP contribution in [0.1, 0.15) is 11.1 Å². The van der Waals surface area contributed by atoms with Gasteiger partial charge in [-0.15, -0.1) is 0 Å². The number of carbonyl (C=O) groups is 1. The standard InChI is InChI=1S/C24H16Cl4N2O3/c1-12-3-4-14(24-30-20-11-16(26)10-18(28)23(20)33-24)8-19(12)29-21(31)6-5-13-7-15(25)9-17(27)22(13)32-2/h3-11H,1-2H3,(H,29,31). The number of oxazole rings is 1. The number of nitrogens with one attached hydrogen (secondary N) is 1. The van der Waals surface area contributed by atoms with Gasteiger partial charge in [-0.1, -0.05) is 52.5 Å². The minimum absolute atomic E-state index is 0.346. The Morgan fingerprint density at radius 3 is 2.52 bits per heavy atom. The first-order chi connectivity index (χ1) is 15.7. The molecular weight excluding hydrogens is 506 g/mol. The van der Waals surface area contributed by atoms with E-state index in [1.54, 1.807) is 36.4 Å². The Balaban J connectivity index is 1.60. The van der Waals surface area contributed by atoms with E-state index in [-0.39, 0.29) is 5.91 Å². The first-order valence-corrected chi connectivity index (χ1v) is 11.1. The lowest BCUT2D eigenvalue weighted by Gasteiger charge is -2.09. The minimum Gasteiger partial charge on any atom is -0.495 e. The molecule has 3 aromatic carbocycles. The summed E-state index contributed by atoms with van der Waals surface area (Å²) in [6.07, 6.45) is 2.95. The number of ether oxygens (including phenoxy) is 1. The zero-order valence-electron chi connectivity index (χ0n) is 17.4. The summed E-state index contributed by atoms with van der Waals surface area (Å²) in [4.78, 5) is 17.1. The maximum Gasteiger partial charge on any atom is 0.248 e. The van der Waals surface area contributed by atoms with Gasteiger partial charge in [-0.25, -0.2) is 4.98 Å². The van der Waals surface area contributed by atoms with Gasteiger partial charge < -0.3 is 14.5 Å². The van der Waals surface area contributed by atoms with Crippen LogP contribution in [-0.2, 0) is 4.79 Å². The summed E-state index contributed by atoms with van der Waals surface area (Å²) in [5, 5.41) is 4.49. The molecule has 4 rings (SSSR count). The number of halogens is 4. The normalized spacial score (nSPS) is 11.3. The van der Waals surface area contributed by atoms with Gasteiger partial charge in [0.1, 0.15) is 11.3 Å². The van der Waals surface area contributed by atoms with E-state index in [2.05, 4.69) is 10.3 Å². The number of aromatic nitrogens is 1. The number of benzene rings is 3. The predicted molar refractivity (Wildman–Crippen MR) is 135 cm³/mol. The van der Waals surface area contributed by atoms with Gasteiger partial charge in [0.15, 0.2) is 5.58 Å². The van der Waals surface area contributed by atoms with Gasteiger partial charge in [-0.3, -0.25) is 4.79 Å². The van der Waals surface area contributed by atoms with E-state index in [1.165, 1.54) is 13.2 Å². The maximum absolute atomic E-state index is 12.6. The molecule has 33 heavy (non-hydrogen) atoms. The summed E-state index contributed by atoms with van der Waals surface area (Å²) >= 11 is 24.5. The fraction of sp³-hybridized carbons (Fsp3) is 0.0833. The van der Waals surface area contributed by atoms with Gasteiger partial charge in [0, 0.05) is 32.9 Å². The first kappa shape index (κ1) is 23.5. The van der Waals surface area contributed by atoms with E-state index in [1.807, 2.05) is 19.1 Å². The zero-order valence-corrected chi connectivity index (χ0v) is 20.4. The summed E-state index contributed by atoms with van der Waals surface area (Å²) in [5.74, 6) is 0.442. The van der Waals surface area contributed by atoms with E-state index in [0.717, 1.165) is 5.56 Å². The number of aryl methyl sites for hydroxylation is 1. The Kier molecular flexibility index (Phi) is 6.86. The van der Waals surface area contributed by atoms with Crippen LogP contribution < -0.4 is 10.1 Å². The number of methoxy groups -OCH3 is 1. The predicted octanol–water partition coefficient (Wildman–Crippen LogP) is 8.08. The Morgan fingerprint density at radius 1 is 1.03 bits per heavy atom. The van der Waals surface area contributed by atoms with Crippen molar-refractivity contribution in [3.8, 4) is 17.2 Å². The van der Waals surface area contributed by atoms with Crippen LogP contribution in [0.25, 0.3) is 28.6 Å². The third-order valence-electron chi connectivity index (χ3n) is 4.81. The number of fused-ring (bicyclic) bond motifs is 1. The van der Waals surface area contributed by atoms with Crippen molar-refractivity contribution >= 4 is 75.2 Å². The fourth-order valence-electron chi connectivity index (χ4n) is 3.23. The lowest BCUT2D eigenvalue weighted by atomic mass is 10.1. The molecule has 1 aromatic heterocycles. The lowest BCUT2D eigenvalue weighted by Crippen LogP contribution is -2.09. The van der Waals surface area contributed by atoms with Crippen molar-refractivity contribution in [3.63, 3.8) is 0 Å². The van der Waals surface area contributed by atoms with Crippen molar-refractivity contribution in [3.05, 3.63) is 79.8 Å². The average molecular weight is 522 g/mol. The van der Waals surface area contributed by atoms with Crippen molar-refractivity contribution in [2.75, 3.05) is 12.4 Å². The zero-order chi connectivity index (χ0) is 23.7. The van der Waals surface area contributed by atoms with Crippen LogP contribution in [0.15, 0.2) is 53.0 Å². The number of hydrogen-bond acceptors (Lipinski definition) is 4. The molecule has 1 heterocycles. The van der Waals surface area contributed by atoms with Crippen molar-refractivity contribution in [1.29, 1.82) is 0 Å². The average Bonchev–Trinajstić information content (AvgIpc) is 3.18. The van der Waals surface area contributed by atoms with Crippen LogP contribution in [0.4, 0.5) is 5.69 Å². The quantitative estimate of drug-likeness (QED) is 0.269. The second kappa shape index (κ2) is 9.65. The van der Waals surface area contributed by atoms with Gasteiger partial charge in [0.25, 0.3) is 0 Å². The van der Waals surface area contributed by atoms with Crippen molar-refractivity contribution in [2.45, 2.75) is 6.92 Å². The molecule has 168 valence electrons. The molecule has 0 aliphatic heterocycles. The van der Waals surface area contributed by atoms with E-state index in [9.17, 15) is 4.79 Å². The van der Waals surface area contributed by atoms with Crippen molar-refractivity contribution in [1.82, 2.24) is 4.98 Å². The molecule has 4 aromatic rings. The summed E-state index contributed by atoms with van der Waals surface area (Å²) in [6, 6.07) is 12.0. The number of anilines is 1. The molecule has 0 atom stereocenters. The minimum atomic E-state index is -0.346. The highest BCUT2D eigenvalue weighted by molar-refractivity contribution is 6.38. The third kappa shape index (κ3) is 5.12. The lowest BCUT2D eigenvalue weighted by molar-refractivity contribution is -0.111. The molecule has 0 aliphatic carbocycles. The van der Waals surface area contributed by atoms with Crippen LogP contribution in [0, 0.1) is 6.92 Å². The second-order valence-corrected chi connectivity index (χ2v) is 8.80. The summed E-state index contributed by atoms with van der Waals surface area (Å²) in [7, 11) is 1.49. The summed E-state index contributed by atoms with van der Waals surface area (Å²) < 4.78 is 11.1. The Morgan fingerprint density at radius 2 is 1.76 bits per heavy atom. The molecule has 9 heteroatoms. The molecule has 1 N–H and O–H groups in total. The van der Waals surface area contributed by atoms with Gasteiger partial charge in [-0.2, -0.15) is 0 Å². The van der Waals surface area contributed by atoms with E-state index in [0.29, 0.717) is 59.6 Å². The molecule has 0 unspecified atom stereocenters. The first-order valence-electron chi connectivity index (χ1n) is 9.64. The van der Waals surface area contributed by atoms with Crippen LogP contribution in [0.2, 0.25) is 20.1 Å². The molecule has 5 nitrogen and oxygen atoms in total. The number of rotatable bonds is 5. The second-order valence-electron chi connectivity index (χ2n) is 7.12. The number of hydrogen-bond donors (Lipinski definition) is 1. The molecule has 0 aliphatic rings. The number of nitrogens with zero attached hydrogens (tertiary/aromatic N) is 1. The van der Waals surface area contributed by atoms with Gasteiger partial charge in [0.2, 0.25) is 11.8 Å². The molecule has 0 spiro atoms. The van der Waals surface area contributed by atoms with Gasteiger partial charge >= 0.3 is 0 Å². The van der Waals surface area contributed by atoms with E-state index < -0.39 is 0 Å². The van der Waals surface area contributed by atoms with E-state index in [4.69, 9.17) is 55.6 Å². The molecule has 0 saturated carbocycles. The van der Waals surface area contributed by atoms with Crippen molar-refractivity contribution in [2.24, 2.45) is 0 Å².